The van der Waals surface area contributed by atoms with Gasteiger partial charge in [-0.05, 0) is 106 Å². The number of primary amides is 1. The number of hydrogen-bond donors (Lipinski definition) is 7. The van der Waals surface area contributed by atoms with Gasteiger partial charge in [0.25, 0.3) is 11.8 Å². The molecule has 2 fully saturated rings. The molecule has 2 aromatic carbocycles. The number of likely N-dealkylation sites (tertiary alicyclic amines) is 1. The Balaban J connectivity index is 1.17. The Bertz CT molecular complexity index is 3250. The number of Topliss-reactive ketones (excluding diaryl/α,β-unsaturated/α-hetero) is 4. The molecule has 590 valence electrons. The smallest absolute Gasteiger partial charge is 0.312 e. The van der Waals surface area contributed by atoms with Crippen LogP contribution in [0.2, 0.25) is 0 Å². The number of ketones is 4. The average molecular weight is 1480 g/mol. The Labute approximate surface area is 627 Å². The molecule has 26 heteroatoms. The second kappa shape index (κ2) is 44.0. The first kappa shape index (κ1) is 89.0. The van der Waals surface area contributed by atoms with Crippen molar-refractivity contribution in [3.05, 3.63) is 83.4 Å². The Morgan fingerprint density at radius 1 is 0.679 bits per heavy atom. The summed E-state index contributed by atoms with van der Waals surface area (Å²) in [5, 5.41) is 32.8. The minimum atomic E-state index is -1.46. The van der Waals surface area contributed by atoms with Crippen molar-refractivity contribution in [2.75, 3.05) is 68.1 Å². The summed E-state index contributed by atoms with van der Waals surface area (Å²) < 4.78 is 18.1. The summed E-state index contributed by atoms with van der Waals surface area (Å²) in [6.07, 6.45) is 0.0816. The van der Waals surface area contributed by atoms with Gasteiger partial charge in [-0.2, -0.15) is 0 Å². The highest BCUT2D eigenvalue weighted by Crippen LogP contribution is 2.33. The van der Waals surface area contributed by atoms with Crippen LogP contribution in [0.4, 0.5) is 4.79 Å². The number of amides is 9. The number of hydrogen-bond acceptors (Lipinski definition) is 18. The zero-order chi connectivity index (χ0) is 78.6. The van der Waals surface area contributed by atoms with Gasteiger partial charge >= 0.3 is 6.03 Å². The molecule has 26 nitrogen and oxygen atoms in total. The van der Waals surface area contributed by atoms with Crippen LogP contribution in [-0.4, -0.2) is 229 Å². The molecule has 7 unspecified atom stereocenters. The maximum absolute atomic E-state index is 14.7. The van der Waals surface area contributed by atoms with Gasteiger partial charge in [0.2, 0.25) is 29.5 Å². The fourth-order valence-electron chi connectivity index (χ4n) is 15.2. The van der Waals surface area contributed by atoms with Gasteiger partial charge in [0.1, 0.15) is 29.9 Å². The van der Waals surface area contributed by atoms with E-state index in [1.54, 1.807) is 56.9 Å². The van der Waals surface area contributed by atoms with Crippen LogP contribution in [0.25, 0.3) is 0 Å². The van der Waals surface area contributed by atoms with Crippen LogP contribution in [0, 0.1) is 47.3 Å². The zero-order valence-electron chi connectivity index (χ0n) is 65.2. The Morgan fingerprint density at radius 3 is 1.92 bits per heavy atom. The largest absolute Gasteiger partial charge is 0.388 e. The van der Waals surface area contributed by atoms with Crippen molar-refractivity contribution < 1.29 is 82.0 Å². The summed E-state index contributed by atoms with van der Waals surface area (Å²) in [5.74, 6) is -6.71. The molecule has 0 aliphatic carbocycles. The third-order valence-corrected chi connectivity index (χ3v) is 21.5. The monoisotopic (exact) mass is 1480 g/mol. The van der Waals surface area contributed by atoms with E-state index in [0.29, 0.717) is 57.1 Å². The molecule has 2 aromatic rings. The van der Waals surface area contributed by atoms with Gasteiger partial charge in [-0.3, -0.25) is 62.5 Å². The normalized spacial score (nSPS) is 20.2. The molecule has 2 saturated heterocycles. The molecule has 3 heterocycles. The van der Waals surface area contributed by atoms with Crippen molar-refractivity contribution in [2.45, 2.75) is 232 Å². The molecule has 106 heavy (non-hydrogen) atoms. The van der Waals surface area contributed by atoms with Crippen LogP contribution in [0.15, 0.2) is 66.7 Å². The third-order valence-electron chi connectivity index (χ3n) is 21.5. The van der Waals surface area contributed by atoms with Crippen molar-refractivity contribution in [1.82, 2.24) is 40.9 Å². The fraction of sp³-hybridized carbons (Fsp3) is 0.675. The first-order chi connectivity index (χ1) is 50.2. The number of methoxy groups -OCH3 is 2. The van der Waals surface area contributed by atoms with E-state index in [1.807, 2.05) is 103 Å². The summed E-state index contributed by atoms with van der Waals surface area (Å²) in [4.78, 5) is 168. The molecule has 3 aliphatic rings. The van der Waals surface area contributed by atoms with Crippen molar-refractivity contribution in [2.24, 2.45) is 53.1 Å². The summed E-state index contributed by atoms with van der Waals surface area (Å²) >= 11 is 0. The number of nitrogens with two attached hydrogens (primary N) is 1. The number of urea groups is 1. The number of unbranched alkanes of at least 4 members (excludes halogenated alkanes) is 2. The second-order valence-corrected chi connectivity index (χ2v) is 30.6. The van der Waals surface area contributed by atoms with E-state index in [0.717, 1.165) is 16.0 Å². The van der Waals surface area contributed by atoms with Crippen molar-refractivity contribution >= 4 is 70.5 Å². The molecular formula is C80H123N9O17. The lowest BCUT2D eigenvalue weighted by Gasteiger charge is -2.41. The van der Waals surface area contributed by atoms with Gasteiger partial charge in [-0.1, -0.05) is 130 Å². The van der Waals surface area contributed by atoms with E-state index < -0.39 is 96.1 Å². The predicted molar refractivity (Wildman–Crippen MR) is 401 cm³/mol. The van der Waals surface area contributed by atoms with E-state index in [1.165, 1.54) is 19.3 Å². The quantitative estimate of drug-likeness (QED) is 0.0310. The minimum Gasteiger partial charge on any atom is -0.388 e. The topological polar surface area (TPSA) is 360 Å². The van der Waals surface area contributed by atoms with Gasteiger partial charge in [-0.15, -0.1) is 0 Å². The van der Waals surface area contributed by atoms with Gasteiger partial charge in [0, 0.05) is 128 Å². The number of likely N-dealkylation sites (N-methyl/N-ethyl adjacent to an activating group) is 2. The van der Waals surface area contributed by atoms with Crippen LogP contribution in [0.1, 0.15) is 169 Å². The molecule has 8 N–H and O–H groups in total. The number of carbonyl (C=O) groups excluding carboxylic acids is 12. The van der Waals surface area contributed by atoms with Gasteiger partial charge in [0.15, 0.2) is 11.6 Å². The molecule has 0 bridgehead atoms. The Morgan fingerprint density at radius 2 is 1.32 bits per heavy atom. The van der Waals surface area contributed by atoms with Crippen LogP contribution < -0.4 is 27.0 Å². The van der Waals surface area contributed by atoms with Crippen LogP contribution in [-0.2, 0) is 86.2 Å². The Kier molecular flexibility index (Phi) is 36.9. The highest BCUT2D eigenvalue weighted by Gasteiger charge is 2.46. The molecule has 15 atom stereocenters. The second-order valence-electron chi connectivity index (χ2n) is 30.6. The molecule has 0 radical (unpaired) electrons. The van der Waals surface area contributed by atoms with Crippen molar-refractivity contribution in [1.29, 1.82) is 0 Å². The fourth-order valence-corrected chi connectivity index (χ4v) is 15.2. The van der Waals surface area contributed by atoms with Gasteiger partial charge in [-0.25, -0.2) is 4.79 Å². The number of imide groups is 1. The number of rotatable bonds is 48. The summed E-state index contributed by atoms with van der Waals surface area (Å²) in [6.45, 7) is 18.2. The van der Waals surface area contributed by atoms with Gasteiger partial charge < -0.3 is 61.2 Å². The highest BCUT2D eigenvalue weighted by molar-refractivity contribution is 6.12. The summed E-state index contributed by atoms with van der Waals surface area (Å²) in [5.41, 5.74) is 7.67. The lowest BCUT2D eigenvalue weighted by molar-refractivity contribution is -0.149. The highest BCUT2D eigenvalue weighted by atomic mass is 16.5. The maximum atomic E-state index is 14.7. The summed E-state index contributed by atoms with van der Waals surface area (Å²) in [7, 11) is 8.59. The number of nitrogens with one attached hydrogen (secondary N) is 4. The molecule has 3 aliphatic heterocycles. The third kappa shape index (κ3) is 26.7. The first-order valence-electron chi connectivity index (χ1n) is 38.2. The van der Waals surface area contributed by atoms with Crippen LogP contribution >= 0.6 is 0 Å². The van der Waals surface area contributed by atoms with E-state index in [-0.39, 0.29) is 173 Å². The Hall–Kier alpha value is -7.62. The van der Waals surface area contributed by atoms with Gasteiger partial charge in [0.05, 0.1) is 48.9 Å². The van der Waals surface area contributed by atoms with Crippen LogP contribution in [0.5, 0.6) is 0 Å². The number of benzene rings is 2. The SMILES string of the molecule is CC[C@H](C)[C@@H]([C@@H](CC(=O)N1CCCC1C(OC)C(C)C(=O)C[C@@H](Cc1ccccc1)C(=O)NCCc1ccc(CC(=O)C(CCCNC(N)=O)NC(=O)[C@H](CC(=O)C[C@@H]2O[C@H](CNC(=O)CCCCCN3C(=O)C=CC3=O)C(O)C2O)C(C)C)cc1)OC)N(C)C(=O)[C@@H](CC(=O)C(C(C)C)N(C)C)C(C)C. The average Bonchev–Trinajstić information content (AvgIpc) is 1.47. The molecule has 5 rings (SSSR count). The lowest BCUT2D eigenvalue weighted by atomic mass is 9.83. The number of carbonyl (C=O) groups is 12. The lowest BCUT2D eigenvalue weighted by Crippen LogP contribution is -2.54. The standard InChI is InChI=1S/C80H123N9O17/c1-15-51(8)73(87(12)79(102)59(49(4)5)45-64(93)72(50(6)7)86(10)11)65(104-13)46-71(97)88-39-23-27-61(88)76(105-14)52(9)62(91)42-56(40-54-24-18-16-19-25-54)77(100)82-37-35-53-29-31-55(32-30-53)41-63(92)60(26-22-36-83-80(81)103)85-78(101)58(48(2)3)43-57(90)44-66-74(98)75(99)67(106-66)47-84-68(94)28-20-17-21-38-89-69(95)33-34-70(89)96/h16,18-19,24-25,29-34,48-52,56,58-61,65-67,72-76,98-99H,15,17,20-23,26-28,35-47H2,1-14H3,(H,82,100)(H,84,94)(H,85,101)(H3,81,83,103)/t51-,52?,56+,58+,59-,60?,61?,65+,66-,67+,72?,73-,74?,75?,76?/m0/s1. The molecule has 0 saturated carbocycles. The zero-order valence-corrected chi connectivity index (χ0v) is 65.2. The maximum Gasteiger partial charge on any atom is 0.312 e. The molecule has 9 amide bonds. The van der Waals surface area contributed by atoms with E-state index in [2.05, 4.69) is 21.3 Å². The number of aliphatic hydroxyl groups is 2. The molecular weight excluding hydrogens is 1360 g/mol. The number of nitrogens with zero attached hydrogens (tertiary/aromatic N) is 4. The van der Waals surface area contributed by atoms with Crippen LogP contribution in [0.3, 0.4) is 0 Å². The number of aliphatic hydroxyl groups excluding tert-OH is 2. The first-order valence-corrected chi connectivity index (χ1v) is 38.2. The molecule has 0 aromatic heterocycles. The van der Waals surface area contributed by atoms with Crippen molar-refractivity contribution in [3.63, 3.8) is 0 Å². The molecule has 0 spiro atoms. The van der Waals surface area contributed by atoms with E-state index in [9.17, 15) is 67.7 Å². The minimum absolute atomic E-state index is 0.00900. The van der Waals surface area contributed by atoms with E-state index in [4.69, 9.17) is 19.9 Å². The van der Waals surface area contributed by atoms with E-state index >= 15 is 0 Å². The predicted octanol–water partition coefficient (Wildman–Crippen LogP) is 5.66. The number of ether oxygens (including phenoxy) is 3. The van der Waals surface area contributed by atoms with Crippen molar-refractivity contribution in [3.8, 4) is 0 Å². The summed E-state index contributed by atoms with van der Waals surface area (Å²) in [6, 6.07) is 13.6.